The summed E-state index contributed by atoms with van der Waals surface area (Å²) >= 11 is 8.97. The van der Waals surface area contributed by atoms with Crippen LogP contribution in [-0.2, 0) is 0 Å². The predicted molar refractivity (Wildman–Crippen MR) is 62.0 cm³/mol. The van der Waals surface area contributed by atoms with Crippen LogP contribution in [0.25, 0.3) is 0 Å². The van der Waals surface area contributed by atoms with Gasteiger partial charge in [-0.25, -0.2) is 4.98 Å². The molecule has 0 spiro atoms. The Bertz CT molecular complexity index is 359. The fourth-order valence-electron chi connectivity index (χ4n) is 1.32. The predicted octanol–water partition coefficient (Wildman–Crippen LogP) is 2.08. The quantitative estimate of drug-likeness (QED) is 0.834. The summed E-state index contributed by atoms with van der Waals surface area (Å²) < 4.78 is 0.745. The Kier molecular flexibility index (Phi) is 3.43. The molecule has 1 heterocycles. The Morgan fingerprint density at radius 2 is 2.40 bits per heavy atom. The molecule has 1 unspecified atom stereocenters. The molecule has 0 aromatic carbocycles. The summed E-state index contributed by atoms with van der Waals surface area (Å²) in [6.45, 7) is 0.497. The van der Waals surface area contributed by atoms with Crippen molar-refractivity contribution < 1.29 is 5.11 Å². The first-order valence-electron chi connectivity index (χ1n) is 4.77. The van der Waals surface area contributed by atoms with Gasteiger partial charge in [0.05, 0.1) is 10.6 Å². The first kappa shape index (κ1) is 11.1. The highest BCUT2D eigenvalue weighted by Gasteiger charge is 2.29. The molecule has 0 radical (unpaired) electrons. The van der Waals surface area contributed by atoms with E-state index in [1.54, 1.807) is 6.20 Å². The number of rotatable bonds is 4. The number of hydrogen-bond donors (Lipinski definition) is 2. The minimum absolute atomic E-state index is 0.196. The second-order valence-electron chi connectivity index (χ2n) is 3.62. The van der Waals surface area contributed by atoms with Crippen molar-refractivity contribution in [3.05, 3.63) is 16.0 Å². The van der Waals surface area contributed by atoms with Crippen LogP contribution in [0.3, 0.4) is 0 Å². The first-order valence-corrected chi connectivity index (χ1v) is 5.94. The summed E-state index contributed by atoms with van der Waals surface area (Å²) in [5.41, 5.74) is 0. The Hall–Kier alpha value is -0.390. The molecule has 6 heteroatoms. The maximum atomic E-state index is 9.66. The maximum Gasteiger partial charge on any atom is 0.224 e. The van der Waals surface area contributed by atoms with Crippen molar-refractivity contribution in [1.82, 2.24) is 9.97 Å². The minimum Gasteiger partial charge on any atom is -0.391 e. The van der Waals surface area contributed by atoms with E-state index in [1.807, 2.05) is 0 Å². The van der Waals surface area contributed by atoms with Crippen LogP contribution >= 0.6 is 27.5 Å². The van der Waals surface area contributed by atoms with Crippen LogP contribution in [0.5, 0.6) is 0 Å². The molecule has 0 bridgehead atoms. The van der Waals surface area contributed by atoms with Crippen molar-refractivity contribution in [3.8, 4) is 0 Å². The lowest BCUT2D eigenvalue weighted by atomic mass is 10.2. The van der Waals surface area contributed by atoms with E-state index >= 15 is 0 Å². The van der Waals surface area contributed by atoms with Gasteiger partial charge < -0.3 is 10.4 Å². The molecule has 0 saturated heterocycles. The number of nitrogens with zero attached hydrogens (tertiary/aromatic N) is 2. The first-order chi connectivity index (χ1) is 7.16. The Labute approximate surface area is 101 Å². The Morgan fingerprint density at radius 3 is 3.07 bits per heavy atom. The summed E-state index contributed by atoms with van der Waals surface area (Å²) in [7, 11) is 0. The van der Waals surface area contributed by atoms with E-state index in [9.17, 15) is 5.11 Å². The molecule has 15 heavy (non-hydrogen) atoms. The van der Waals surface area contributed by atoms with Gasteiger partial charge in [0.25, 0.3) is 0 Å². The summed E-state index contributed by atoms with van der Waals surface area (Å²) in [5.74, 6) is 1.07. The van der Waals surface area contributed by atoms with E-state index in [-0.39, 0.29) is 11.4 Å². The van der Waals surface area contributed by atoms with Crippen LogP contribution in [-0.4, -0.2) is 27.7 Å². The highest BCUT2D eigenvalue weighted by molar-refractivity contribution is 9.10. The van der Waals surface area contributed by atoms with Crippen LogP contribution in [0.4, 0.5) is 5.82 Å². The highest BCUT2D eigenvalue weighted by Crippen LogP contribution is 2.32. The van der Waals surface area contributed by atoms with Gasteiger partial charge in [0.2, 0.25) is 5.28 Å². The highest BCUT2D eigenvalue weighted by atomic mass is 79.9. The lowest BCUT2D eigenvalue weighted by Gasteiger charge is -2.11. The van der Waals surface area contributed by atoms with E-state index in [4.69, 9.17) is 11.6 Å². The number of hydrogen-bond acceptors (Lipinski definition) is 4. The smallest absolute Gasteiger partial charge is 0.224 e. The third kappa shape index (κ3) is 3.03. The summed E-state index contributed by atoms with van der Waals surface area (Å²) in [4.78, 5) is 7.83. The standard InChI is InChI=1S/C9H11BrClN3O/c10-6-3-13-9(11)14-8(6)12-4-7(15)5-1-2-5/h3,5,7,15H,1-2,4H2,(H,12,13,14). The molecule has 0 amide bonds. The van der Waals surface area contributed by atoms with Crippen molar-refractivity contribution in [2.75, 3.05) is 11.9 Å². The third-order valence-corrected chi connectivity index (χ3v) is 3.12. The number of aliphatic hydroxyl groups is 1. The largest absolute Gasteiger partial charge is 0.391 e. The van der Waals surface area contributed by atoms with Gasteiger partial charge in [-0.05, 0) is 46.3 Å². The zero-order valence-electron chi connectivity index (χ0n) is 7.95. The summed E-state index contributed by atoms with van der Waals surface area (Å²) in [5, 5.41) is 12.9. The molecule has 1 fully saturated rings. The van der Waals surface area contributed by atoms with E-state index in [1.165, 1.54) is 0 Å². The molecule has 1 aromatic rings. The summed E-state index contributed by atoms with van der Waals surface area (Å²) in [6, 6.07) is 0. The van der Waals surface area contributed by atoms with Crippen LogP contribution in [0.2, 0.25) is 5.28 Å². The number of anilines is 1. The molecule has 1 aliphatic carbocycles. The lowest BCUT2D eigenvalue weighted by Crippen LogP contribution is -2.22. The molecule has 0 aliphatic heterocycles. The molecule has 1 aliphatic rings. The Balaban J connectivity index is 1.94. The molecule has 1 atom stereocenters. The minimum atomic E-state index is -0.300. The molecular weight excluding hydrogens is 281 g/mol. The van der Waals surface area contributed by atoms with Crippen LogP contribution in [0, 0.1) is 5.92 Å². The molecule has 82 valence electrons. The third-order valence-electron chi connectivity index (χ3n) is 2.36. The van der Waals surface area contributed by atoms with Crippen LogP contribution < -0.4 is 5.32 Å². The molecule has 2 N–H and O–H groups in total. The average Bonchev–Trinajstić information content (AvgIpc) is 3.02. The van der Waals surface area contributed by atoms with Gasteiger partial charge in [-0.2, -0.15) is 4.98 Å². The second kappa shape index (κ2) is 4.63. The van der Waals surface area contributed by atoms with Crippen LogP contribution in [0.15, 0.2) is 10.7 Å². The molecule has 1 aromatic heterocycles. The van der Waals surface area contributed by atoms with Crippen molar-refractivity contribution >= 4 is 33.3 Å². The molecule has 4 nitrogen and oxygen atoms in total. The van der Waals surface area contributed by atoms with Gasteiger partial charge in [-0.3, -0.25) is 0 Å². The zero-order chi connectivity index (χ0) is 10.8. The maximum absolute atomic E-state index is 9.66. The summed E-state index contributed by atoms with van der Waals surface area (Å²) in [6.07, 6.45) is 3.52. The van der Waals surface area contributed by atoms with E-state index in [2.05, 4.69) is 31.2 Å². The van der Waals surface area contributed by atoms with E-state index in [0.29, 0.717) is 18.3 Å². The van der Waals surface area contributed by atoms with E-state index < -0.39 is 0 Å². The van der Waals surface area contributed by atoms with Gasteiger partial charge in [-0.15, -0.1) is 0 Å². The van der Waals surface area contributed by atoms with Gasteiger partial charge >= 0.3 is 0 Å². The van der Waals surface area contributed by atoms with Crippen molar-refractivity contribution in [2.45, 2.75) is 18.9 Å². The van der Waals surface area contributed by atoms with Gasteiger partial charge in [-0.1, -0.05) is 0 Å². The zero-order valence-corrected chi connectivity index (χ0v) is 10.3. The molecule has 1 saturated carbocycles. The number of halogens is 2. The number of aromatic nitrogens is 2. The molecule has 2 rings (SSSR count). The number of nitrogens with one attached hydrogen (secondary N) is 1. The van der Waals surface area contributed by atoms with Gasteiger partial charge in [0, 0.05) is 12.7 Å². The van der Waals surface area contributed by atoms with Gasteiger partial charge in [0.1, 0.15) is 5.82 Å². The van der Waals surface area contributed by atoms with E-state index in [0.717, 1.165) is 17.3 Å². The SMILES string of the molecule is OC(CNc1nc(Cl)ncc1Br)C1CC1. The average molecular weight is 293 g/mol. The monoisotopic (exact) mass is 291 g/mol. The van der Waals surface area contributed by atoms with Crippen molar-refractivity contribution in [1.29, 1.82) is 0 Å². The van der Waals surface area contributed by atoms with Gasteiger partial charge in [0.15, 0.2) is 0 Å². The Morgan fingerprint density at radius 1 is 1.67 bits per heavy atom. The molecular formula is C9H11BrClN3O. The van der Waals surface area contributed by atoms with Crippen LogP contribution in [0.1, 0.15) is 12.8 Å². The van der Waals surface area contributed by atoms with Crippen molar-refractivity contribution in [2.24, 2.45) is 5.92 Å². The number of aliphatic hydroxyl groups excluding tert-OH is 1. The van der Waals surface area contributed by atoms with Crippen molar-refractivity contribution in [3.63, 3.8) is 0 Å². The second-order valence-corrected chi connectivity index (χ2v) is 4.81. The topological polar surface area (TPSA) is 58.0 Å². The fourth-order valence-corrected chi connectivity index (χ4v) is 1.78. The normalized spacial score (nSPS) is 17.5. The fraction of sp³-hybridized carbons (Fsp3) is 0.556. The lowest BCUT2D eigenvalue weighted by molar-refractivity contribution is 0.164.